The number of ketones is 1. The van der Waals surface area contributed by atoms with Crippen LogP contribution in [0.1, 0.15) is 28.9 Å². The number of Topliss-reactive ketones (excluding diaryl/α,β-unsaturated/α-hetero) is 1. The second-order valence-corrected chi connectivity index (χ2v) is 8.33. The standard InChI is InChI=1S/C20H22Cl3N3O/c21-15-4-5-17(20(23)19(15)22)26-12-9-24(10-13-26)8-11-25-7-6-14-16(25)2-1-3-18(14)27/h4-7H,1-3,8-13H2. The molecule has 0 saturated carbocycles. The lowest BCUT2D eigenvalue weighted by Gasteiger charge is -2.36. The first-order valence-electron chi connectivity index (χ1n) is 9.36. The Morgan fingerprint density at radius 1 is 0.889 bits per heavy atom. The fourth-order valence-corrected chi connectivity index (χ4v) is 4.67. The Morgan fingerprint density at radius 3 is 2.44 bits per heavy atom. The topological polar surface area (TPSA) is 28.5 Å². The quantitative estimate of drug-likeness (QED) is 0.658. The van der Waals surface area contributed by atoms with Crippen LogP contribution in [0.4, 0.5) is 5.69 Å². The van der Waals surface area contributed by atoms with Gasteiger partial charge in [-0.15, -0.1) is 0 Å². The van der Waals surface area contributed by atoms with Crippen molar-refractivity contribution in [1.82, 2.24) is 9.47 Å². The molecule has 0 unspecified atom stereocenters. The van der Waals surface area contributed by atoms with Gasteiger partial charge in [0.2, 0.25) is 0 Å². The summed E-state index contributed by atoms with van der Waals surface area (Å²) in [5.74, 6) is 0.294. The summed E-state index contributed by atoms with van der Waals surface area (Å²) in [6, 6.07) is 5.73. The number of hydrogen-bond donors (Lipinski definition) is 0. The van der Waals surface area contributed by atoms with E-state index in [1.54, 1.807) is 6.07 Å². The lowest BCUT2D eigenvalue weighted by molar-refractivity contribution is 0.0971. The smallest absolute Gasteiger partial charge is 0.164 e. The Bertz CT molecular complexity index is 856. The van der Waals surface area contributed by atoms with E-state index < -0.39 is 0 Å². The Kier molecular flexibility index (Phi) is 5.70. The van der Waals surface area contributed by atoms with Crippen LogP contribution in [0, 0.1) is 0 Å². The molecule has 1 aliphatic carbocycles. The van der Waals surface area contributed by atoms with Gasteiger partial charge in [-0.1, -0.05) is 34.8 Å². The molecule has 144 valence electrons. The van der Waals surface area contributed by atoms with Crippen molar-refractivity contribution < 1.29 is 4.79 Å². The van der Waals surface area contributed by atoms with Crippen molar-refractivity contribution in [2.45, 2.75) is 25.8 Å². The summed E-state index contributed by atoms with van der Waals surface area (Å²) in [6.07, 6.45) is 4.74. The number of rotatable bonds is 4. The zero-order valence-corrected chi connectivity index (χ0v) is 17.3. The highest BCUT2D eigenvalue weighted by Gasteiger charge is 2.23. The summed E-state index contributed by atoms with van der Waals surface area (Å²) in [5, 5.41) is 1.43. The number of halogens is 3. The molecular formula is C20H22Cl3N3O. The van der Waals surface area contributed by atoms with Gasteiger partial charge in [0, 0.05) is 63.1 Å². The molecular weight excluding hydrogens is 405 g/mol. The Labute approximate surface area is 174 Å². The fraction of sp³-hybridized carbons (Fsp3) is 0.450. The first-order valence-corrected chi connectivity index (χ1v) is 10.5. The van der Waals surface area contributed by atoms with Crippen molar-refractivity contribution in [3.63, 3.8) is 0 Å². The van der Waals surface area contributed by atoms with E-state index in [4.69, 9.17) is 34.8 Å². The van der Waals surface area contributed by atoms with Gasteiger partial charge >= 0.3 is 0 Å². The molecule has 1 saturated heterocycles. The number of carbonyl (C=O) groups is 1. The van der Waals surface area contributed by atoms with E-state index in [2.05, 4.69) is 20.6 Å². The van der Waals surface area contributed by atoms with Gasteiger partial charge in [0.25, 0.3) is 0 Å². The third-order valence-electron chi connectivity index (χ3n) is 5.58. The first kappa shape index (κ1) is 19.1. The van der Waals surface area contributed by atoms with E-state index in [0.29, 0.717) is 27.3 Å². The van der Waals surface area contributed by atoms with Crippen molar-refractivity contribution in [3.8, 4) is 0 Å². The van der Waals surface area contributed by atoms with Gasteiger partial charge in [0.15, 0.2) is 5.78 Å². The fourth-order valence-electron chi connectivity index (χ4n) is 4.02. The summed E-state index contributed by atoms with van der Waals surface area (Å²) < 4.78 is 2.26. The third kappa shape index (κ3) is 3.86. The molecule has 0 spiro atoms. The molecule has 0 atom stereocenters. The van der Waals surface area contributed by atoms with Crippen molar-refractivity contribution >= 4 is 46.3 Å². The van der Waals surface area contributed by atoms with E-state index in [9.17, 15) is 4.79 Å². The van der Waals surface area contributed by atoms with Crippen LogP contribution in [0.25, 0.3) is 0 Å². The SMILES string of the molecule is O=C1CCCc2c1ccn2CCN1CCN(c2ccc(Cl)c(Cl)c2Cl)CC1. The molecule has 1 fully saturated rings. The molecule has 0 amide bonds. The highest BCUT2D eigenvalue weighted by atomic mass is 35.5. The average molecular weight is 427 g/mol. The van der Waals surface area contributed by atoms with E-state index in [1.165, 1.54) is 5.69 Å². The van der Waals surface area contributed by atoms with Crippen LogP contribution in [0.3, 0.4) is 0 Å². The second-order valence-electron chi connectivity index (χ2n) is 7.17. The van der Waals surface area contributed by atoms with Gasteiger partial charge in [-0.25, -0.2) is 0 Å². The van der Waals surface area contributed by atoms with Crippen LogP contribution < -0.4 is 4.90 Å². The number of hydrogen-bond acceptors (Lipinski definition) is 3. The van der Waals surface area contributed by atoms with E-state index in [1.807, 2.05) is 12.1 Å². The van der Waals surface area contributed by atoms with Crippen LogP contribution in [-0.2, 0) is 13.0 Å². The van der Waals surface area contributed by atoms with Crippen LogP contribution in [-0.4, -0.2) is 48.0 Å². The van der Waals surface area contributed by atoms with Gasteiger partial charge in [0.05, 0.1) is 20.8 Å². The Morgan fingerprint density at radius 2 is 1.67 bits per heavy atom. The van der Waals surface area contributed by atoms with Gasteiger partial charge in [-0.2, -0.15) is 0 Å². The first-order chi connectivity index (χ1) is 13.0. The molecule has 1 aromatic carbocycles. The largest absolute Gasteiger partial charge is 0.368 e. The molecule has 0 N–H and O–H groups in total. The minimum atomic E-state index is 0.294. The molecule has 1 aromatic heterocycles. The van der Waals surface area contributed by atoms with Crippen molar-refractivity contribution in [3.05, 3.63) is 50.7 Å². The zero-order chi connectivity index (χ0) is 19.0. The predicted molar refractivity (Wildman–Crippen MR) is 112 cm³/mol. The summed E-state index contributed by atoms with van der Waals surface area (Å²) in [6.45, 7) is 5.66. The van der Waals surface area contributed by atoms with Crippen molar-refractivity contribution in [2.75, 3.05) is 37.6 Å². The van der Waals surface area contributed by atoms with Crippen LogP contribution in [0.5, 0.6) is 0 Å². The Balaban J connectivity index is 1.34. The summed E-state index contributed by atoms with van der Waals surface area (Å²) in [7, 11) is 0. The number of aromatic nitrogens is 1. The predicted octanol–water partition coefficient (Wildman–Crippen LogP) is 4.79. The van der Waals surface area contributed by atoms with E-state index in [0.717, 1.165) is 63.4 Å². The maximum absolute atomic E-state index is 12.0. The summed E-state index contributed by atoms with van der Waals surface area (Å²) >= 11 is 18.6. The number of carbonyl (C=O) groups excluding carboxylic acids is 1. The monoisotopic (exact) mass is 425 g/mol. The van der Waals surface area contributed by atoms with Crippen molar-refractivity contribution in [2.24, 2.45) is 0 Å². The minimum absolute atomic E-state index is 0.294. The van der Waals surface area contributed by atoms with E-state index in [-0.39, 0.29) is 0 Å². The molecule has 2 aromatic rings. The molecule has 4 nitrogen and oxygen atoms in total. The maximum atomic E-state index is 12.0. The number of nitrogens with zero attached hydrogens (tertiary/aromatic N) is 3. The minimum Gasteiger partial charge on any atom is -0.368 e. The van der Waals surface area contributed by atoms with Gasteiger partial charge < -0.3 is 9.47 Å². The number of piperazine rings is 1. The highest BCUT2D eigenvalue weighted by Crippen LogP contribution is 2.37. The molecule has 1 aliphatic heterocycles. The second kappa shape index (κ2) is 8.04. The van der Waals surface area contributed by atoms with E-state index >= 15 is 0 Å². The van der Waals surface area contributed by atoms with Crippen LogP contribution in [0.2, 0.25) is 15.1 Å². The Hall–Kier alpha value is -1.20. The average Bonchev–Trinajstić information content (AvgIpc) is 3.10. The van der Waals surface area contributed by atoms with Crippen LogP contribution in [0.15, 0.2) is 24.4 Å². The van der Waals surface area contributed by atoms with Gasteiger partial charge in [0.1, 0.15) is 0 Å². The summed E-state index contributed by atoms with van der Waals surface area (Å²) in [4.78, 5) is 16.7. The molecule has 4 rings (SSSR count). The maximum Gasteiger partial charge on any atom is 0.164 e. The molecule has 7 heteroatoms. The lowest BCUT2D eigenvalue weighted by Crippen LogP contribution is -2.47. The number of anilines is 1. The molecule has 0 radical (unpaired) electrons. The molecule has 2 aliphatic rings. The third-order valence-corrected chi connectivity index (χ3v) is 6.87. The number of fused-ring (bicyclic) bond motifs is 1. The number of benzene rings is 1. The molecule has 2 heterocycles. The molecule has 0 bridgehead atoms. The van der Waals surface area contributed by atoms with Gasteiger partial charge in [-0.05, 0) is 31.0 Å². The molecule has 27 heavy (non-hydrogen) atoms. The van der Waals surface area contributed by atoms with Crippen molar-refractivity contribution in [1.29, 1.82) is 0 Å². The normalized spacial score (nSPS) is 18.0. The highest BCUT2D eigenvalue weighted by molar-refractivity contribution is 6.49. The lowest BCUT2D eigenvalue weighted by atomic mass is 9.97. The summed E-state index contributed by atoms with van der Waals surface area (Å²) in [5.41, 5.74) is 3.09. The van der Waals surface area contributed by atoms with Gasteiger partial charge in [-0.3, -0.25) is 9.69 Å². The van der Waals surface area contributed by atoms with Crippen LogP contribution >= 0.6 is 34.8 Å². The zero-order valence-electron chi connectivity index (χ0n) is 15.1.